The summed E-state index contributed by atoms with van der Waals surface area (Å²) in [6.45, 7) is 11.2. The second-order valence-electron chi connectivity index (χ2n) is 13.3. The number of Topliss-reactive ketones (excluding diaryl/α,β-unsaturated/α-hetero) is 1. The molecule has 190 valence electrons. The predicted molar refractivity (Wildman–Crippen MR) is 124 cm³/mol. The Morgan fingerprint density at radius 3 is 2.24 bits per heavy atom. The number of aliphatic hydroxyl groups is 1. The molecule has 4 aliphatic carbocycles. The van der Waals surface area contributed by atoms with E-state index in [9.17, 15) is 23.1 Å². The van der Waals surface area contributed by atoms with Crippen molar-refractivity contribution >= 4 is 5.78 Å². The number of carbonyl (C=O) groups is 1. The first kappa shape index (κ1) is 25.5. The van der Waals surface area contributed by atoms with Crippen molar-refractivity contribution in [3.05, 3.63) is 0 Å². The van der Waals surface area contributed by atoms with Gasteiger partial charge in [-0.2, -0.15) is 13.2 Å². The van der Waals surface area contributed by atoms with E-state index >= 15 is 0 Å². The average molecular weight is 471 g/mol. The molecule has 0 radical (unpaired) electrons. The number of carbonyl (C=O) groups excluding carboxylic acids is 1. The van der Waals surface area contributed by atoms with Crippen molar-refractivity contribution in [2.75, 3.05) is 0 Å². The fraction of sp³-hybridized carbons (Fsp3) is 0.964. The number of rotatable bonds is 5. The lowest BCUT2D eigenvalue weighted by Gasteiger charge is -2.62. The second kappa shape index (κ2) is 8.52. The number of ketones is 1. The first-order valence-corrected chi connectivity index (χ1v) is 13.5. The molecule has 4 fully saturated rings. The number of hydrogen-bond donors (Lipinski definition) is 1. The van der Waals surface area contributed by atoms with Crippen molar-refractivity contribution in [3.63, 3.8) is 0 Å². The quantitative estimate of drug-likeness (QED) is 0.450. The summed E-state index contributed by atoms with van der Waals surface area (Å²) < 4.78 is 40.7. The zero-order valence-corrected chi connectivity index (χ0v) is 21.3. The Morgan fingerprint density at radius 1 is 0.939 bits per heavy atom. The molecule has 0 unspecified atom stereocenters. The molecule has 1 N–H and O–H groups in total. The van der Waals surface area contributed by atoms with Crippen LogP contribution in [0.4, 0.5) is 13.2 Å². The molecule has 4 saturated carbocycles. The van der Waals surface area contributed by atoms with Gasteiger partial charge in [-0.15, -0.1) is 0 Å². The first-order valence-electron chi connectivity index (χ1n) is 13.5. The van der Waals surface area contributed by atoms with Crippen molar-refractivity contribution in [3.8, 4) is 0 Å². The van der Waals surface area contributed by atoms with Gasteiger partial charge in [-0.1, -0.05) is 34.6 Å². The Bertz CT molecular complexity index is 748. The Hall–Kier alpha value is -0.580. The van der Waals surface area contributed by atoms with Crippen LogP contribution in [0, 0.1) is 52.3 Å². The van der Waals surface area contributed by atoms with Gasteiger partial charge < -0.3 is 5.11 Å². The fourth-order valence-electron chi connectivity index (χ4n) is 9.25. The lowest BCUT2D eigenvalue weighted by atomic mass is 9.43. The molecule has 0 bridgehead atoms. The van der Waals surface area contributed by atoms with Gasteiger partial charge >= 0.3 is 6.18 Å². The third kappa shape index (κ3) is 4.10. The zero-order valence-electron chi connectivity index (χ0n) is 21.3. The highest BCUT2D eigenvalue weighted by Gasteiger charge is 2.65. The Labute approximate surface area is 198 Å². The van der Waals surface area contributed by atoms with E-state index in [0.29, 0.717) is 48.2 Å². The van der Waals surface area contributed by atoms with Gasteiger partial charge in [0.2, 0.25) is 0 Å². The van der Waals surface area contributed by atoms with E-state index in [1.54, 1.807) is 0 Å². The summed E-state index contributed by atoms with van der Waals surface area (Å²) in [5.74, 6) is 3.08. The maximum Gasteiger partial charge on any atom is 0.417 e. The maximum atomic E-state index is 13.6. The largest absolute Gasteiger partial charge is 0.417 e. The minimum Gasteiger partial charge on any atom is -0.380 e. The molecule has 9 atom stereocenters. The highest BCUT2D eigenvalue weighted by atomic mass is 19.4. The van der Waals surface area contributed by atoms with Crippen molar-refractivity contribution in [2.24, 2.45) is 52.3 Å². The van der Waals surface area contributed by atoms with Crippen LogP contribution in [0.2, 0.25) is 0 Å². The van der Waals surface area contributed by atoms with E-state index in [-0.39, 0.29) is 35.5 Å². The molecular formula is C28H45F3O2. The summed E-state index contributed by atoms with van der Waals surface area (Å²) in [7, 11) is 0. The second-order valence-corrected chi connectivity index (χ2v) is 13.3. The standard InChI is InChI=1S/C28H45F3O2/c1-17(2)6-11-24(32)18(3)21-9-10-22-20-8-7-19-16-27(33,28(29,30)31)15-14-25(19,4)23(20)12-13-26(21,22)5/h17-23,33H,6-16H2,1-5H3/t18-,19-,20-,21+,22-,23-,25-,26+,27-/m0/s1. The Morgan fingerprint density at radius 2 is 1.61 bits per heavy atom. The van der Waals surface area contributed by atoms with Crippen LogP contribution in [-0.2, 0) is 4.79 Å². The van der Waals surface area contributed by atoms with Gasteiger partial charge in [0.25, 0.3) is 0 Å². The molecule has 0 aromatic carbocycles. The van der Waals surface area contributed by atoms with Gasteiger partial charge in [-0.05, 0) is 111 Å². The molecule has 0 amide bonds. The summed E-state index contributed by atoms with van der Waals surface area (Å²) in [5.41, 5.74) is -2.42. The van der Waals surface area contributed by atoms with Crippen LogP contribution in [0.15, 0.2) is 0 Å². The molecule has 33 heavy (non-hydrogen) atoms. The molecule has 4 aliphatic rings. The van der Waals surface area contributed by atoms with Crippen LogP contribution in [0.5, 0.6) is 0 Å². The van der Waals surface area contributed by atoms with Crippen LogP contribution < -0.4 is 0 Å². The third-order valence-electron chi connectivity index (χ3n) is 11.4. The lowest BCUT2D eigenvalue weighted by Crippen LogP contribution is -2.59. The summed E-state index contributed by atoms with van der Waals surface area (Å²) >= 11 is 0. The van der Waals surface area contributed by atoms with Gasteiger partial charge in [-0.25, -0.2) is 0 Å². The van der Waals surface area contributed by atoms with Crippen molar-refractivity contribution in [2.45, 2.75) is 117 Å². The van der Waals surface area contributed by atoms with Gasteiger partial charge in [-0.3, -0.25) is 4.79 Å². The van der Waals surface area contributed by atoms with Crippen LogP contribution in [0.3, 0.4) is 0 Å². The summed E-state index contributed by atoms with van der Waals surface area (Å²) in [6, 6.07) is 0. The molecule has 4 rings (SSSR count). The van der Waals surface area contributed by atoms with E-state index in [1.165, 1.54) is 0 Å². The number of hydrogen-bond acceptors (Lipinski definition) is 2. The van der Waals surface area contributed by atoms with Crippen molar-refractivity contribution in [1.29, 1.82) is 0 Å². The summed E-state index contributed by atoms with van der Waals surface area (Å²) in [6.07, 6.45) is 3.55. The molecule has 0 spiro atoms. The van der Waals surface area contributed by atoms with Crippen LogP contribution >= 0.6 is 0 Å². The number of halogens is 3. The maximum absolute atomic E-state index is 13.6. The third-order valence-corrected chi connectivity index (χ3v) is 11.4. The van der Waals surface area contributed by atoms with E-state index in [4.69, 9.17) is 0 Å². The normalized spacial score (nSPS) is 46.4. The van der Waals surface area contributed by atoms with Crippen molar-refractivity contribution in [1.82, 2.24) is 0 Å². The summed E-state index contributed by atoms with van der Waals surface area (Å²) in [4.78, 5) is 13.0. The number of alkyl halides is 3. The van der Waals surface area contributed by atoms with E-state index in [0.717, 1.165) is 44.9 Å². The Kier molecular flexibility index (Phi) is 6.59. The van der Waals surface area contributed by atoms with Crippen LogP contribution in [0.25, 0.3) is 0 Å². The molecule has 0 heterocycles. The Balaban J connectivity index is 1.49. The van der Waals surface area contributed by atoms with Crippen molar-refractivity contribution < 1.29 is 23.1 Å². The molecule has 2 nitrogen and oxygen atoms in total. The molecule has 0 saturated heterocycles. The van der Waals surface area contributed by atoms with E-state index in [2.05, 4.69) is 34.6 Å². The van der Waals surface area contributed by atoms with Gasteiger partial charge in [0, 0.05) is 12.3 Å². The van der Waals surface area contributed by atoms with Crippen LogP contribution in [-0.4, -0.2) is 22.7 Å². The lowest BCUT2D eigenvalue weighted by molar-refractivity contribution is -0.290. The van der Waals surface area contributed by atoms with Gasteiger partial charge in [0.1, 0.15) is 5.78 Å². The minimum absolute atomic E-state index is 0.0442. The molecule has 0 aromatic heterocycles. The van der Waals surface area contributed by atoms with Gasteiger partial charge in [0.15, 0.2) is 5.60 Å². The monoisotopic (exact) mass is 470 g/mol. The molecule has 0 aromatic rings. The van der Waals surface area contributed by atoms with E-state index in [1.807, 2.05) is 0 Å². The average Bonchev–Trinajstić information content (AvgIpc) is 3.08. The van der Waals surface area contributed by atoms with Gasteiger partial charge in [0.05, 0.1) is 0 Å². The highest BCUT2D eigenvalue weighted by Crippen LogP contribution is 2.69. The van der Waals surface area contributed by atoms with Crippen LogP contribution in [0.1, 0.15) is 105 Å². The summed E-state index contributed by atoms with van der Waals surface area (Å²) in [5, 5.41) is 10.4. The fourth-order valence-corrected chi connectivity index (χ4v) is 9.25. The molecule has 0 aliphatic heterocycles. The topological polar surface area (TPSA) is 37.3 Å². The first-order chi connectivity index (χ1) is 15.2. The predicted octanol–water partition coefficient (Wildman–Crippen LogP) is 7.58. The SMILES string of the molecule is CC(C)CCC(=O)[C@@H](C)[C@H]1CC[C@H]2[C@@H]3CC[C@H]4C[C@](O)(C(F)(F)F)CC[C@]4(C)[C@H]3CC[C@]12C. The smallest absolute Gasteiger partial charge is 0.380 e. The zero-order chi connectivity index (χ0) is 24.4. The number of fused-ring (bicyclic) bond motifs is 5. The molecular weight excluding hydrogens is 425 g/mol. The highest BCUT2D eigenvalue weighted by molar-refractivity contribution is 5.81. The molecule has 5 heteroatoms. The van der Waals surface area contributed by atoms with E-state index < -0.39 is 11.8 Å². The minimum atomic E-state index is -4.53.